The van der Waals surface area contributed by atoms with E-state index >= 15 is 4.39 Å². The smallest absolute Gasteiger partial charge is 0.475 e. The molecule has 2 aliphatic carbocycles. The summed E-state index contributed by atoms with van der Waals surface area (Å²) in [4.78, 5) is 27.5. The number of rotatable bonds is 8. The summed E-state index contributed by atoms with van der Waals surface area (Å²) in [5.74, 6) is -4.46. The van der Waals surface area contributed by atoms with E-state index in [9.17, 15) is 39.6 Å². The van der Waals surface area contributed by atoms with Crippen LogP contribution < -0.4 is 9.46 Å². The predicted octanol–water partition coefficient (Wildman–Crippen LogP) is 6.06. The molecule has 5 rings (SSSR count). The molecular formula is C28H29ClF7N3O6S. The van der Waals surface area contributed by atoms with Crippen molar-refractivity contribution in [2.45, 2.75) is 81.1 Å². The maximum atomic E-state index is 15.0. The number of sulfonamides is 1. The Morgan fingerprint density at radius 3 is 2.17 bits per heavy atom. The SMILES string of the molecule is CC1(Oc2cc(C(F)(F)F)c(Cl)cn2)CCN(Cc2cc(F)c(C(=O)NS(=O)(=O)C3CC3)cc2C2CC2)CC1.O=C(O)C(F)(F)F. The number of likely N-dealkylation sites (tertiary alicyclic amines) is 1. The molecule has 3 fully saturated rings. The van der Waals surface area contributed by atoms with Gasteiger partial charge in [-0.05, 0) is 74.6 Å². The van der Waals surface area contributed by atoms with Gasteiger partial charge in [-0.2, -0.15) is 26.3 Å². The molecule has 0 atom stereocenters. The molecule has 0 unspecified atom stereocenters. The molecule has 3 aliphatic rings. The van der Waals surface area contributed by atoms with Gasteiger partial charge < -0.3 is 9.84 Å². The van der Waals surface area contributed by atoms with Crippen LogP contribution in [0.15, 0.2) is 24.4 Å². The van der Waals surface area contributed by atoms with Gasteiger partial charge in [-0.3, -0.25) is 9.69 Å². The lowest BCUT2D eigenvalue weighted by Gasteiger charge is -2.39. The minimum absolute atomic E-state index is 0.154. The van der Waals surface area contributed by atoms with Gasteiger partial charge in [0.1, 0.15) is 11.4 Å². The van der Waals surface area contributed by atoms with Gasteiger partial charge in [0.15, 0.2) is 0 Å². The van der Waals surface area contributed by atoms with E-state index < -0.39 is 61.5 Å². The first-order valence-corrected chi connectivity index (χ1v) is 15.9. The maximum Gasteiger partial charge on any atom is 0.490 e. The van der Waals surface area contributed by atoms with Crippen molar-refractivity contribution in [1.82, 2.24) is 14.6 Å². The number of carbonyl (C=O) groups is 2. The van der Waals surface area contributed by atoms with Crippen molar-refractivity contribution >= 4 is 33.5 Å². The van der Waals surface area contributed by atoms with Crippen LogP contribution in [0.4, 0.5) is 30.7 Å². The molecule has 18 heteroatoms. The largest absolute Gasteiger partial charge is 0.490 e. The Morgan fingerprint density at radius 1 is 1.09 bits per heavy atom. The van der Waals surface area contributed by atoms with E-state index in [1.165, 1.54) is 12.1 Å². The zero-order valence-electron chi connectivity index (χ0n) is 24.1. The first-order chi connectivity index (χ1) is 21.2. The number of nitrogens with zero attached hydrogens (tertiary/aromatic N) is 2. The molecule has 254 valence electrons. The van der Waals surface area contributed by atoms with E-state index in [0.717, 1.165) is 36.2 Å². The minimum atomic E-state index is -5.08. The number of aliphatic carboxylic acids is 1. The van der Waals surface area contributed by atoms with Crippen LogP contribution in [0.25, 0.3) is 0 Å². The second-order valence-electron chi connectivity index (χ2n) is 11.6. The summed E-state index contributed by atoms with van der Waals surface area (Å²) in [7, 11) is -3.80. The number of hydrogen-bond donors (Lipinski definition) is 2. The average molecular weight is 704 g/mol. The summed E-state index contributed by atoms with van der Waals surface area (Å²) in [5, 5.41) is 6.03. The second kappa shape index (κ2) is 13.1. The quantitative estimate of drug-likeness (QED) is 0.318. The number of aromatic nitrogens is 1. The van der Waals surface area contributed by atoms with Gasteiger partial charge in [-0.25, -0.2) is 27.3 Å². The van der Waals surface area contributed by atoms with Crippen molar-refractivity contribution < 1.29 is 58.6 Å². The van der Waals surface area contributed by atoms with Crippen molar-refractivity contribution in [2.24, 2.45) is 0 Å². The number of piperidine rings is 1. The van der Waals surface area contributed by atoms with Crippen LogP contribution in [0.1, 0.15) is 78.4 Å². The summed E-state index contributed by atoms with van der Waals surface area (Å²) in [5.41, 5.74) is -0.472. The van der Waals surface area contributed by atoms with Crippen LogP contribution in [0.2, 0.25) is 5.02 Å². The lowest BCUT2D eigenvalue weighted by Crippen LogP contribution is -2.46. The third-order valence-corrected chi connectivity index (χ3v) is 9.85. The Labute approximate surface area is 264 Å². The Hall–Kier alpha value is -3.18. The van der Waals surface area contributed by atoms with Gasteiger partial charge in [0.05, 0.1) is 27.6 Å². The molecule has 2 N–H and O–H groups in total. The van der Waals surface area contributed by atoms with E-state index in [0.29, 0.717) is 45.3 Å². The molecule has 2 heterocycles. The van der Waals surface area contributed by atoms with Crippen LogP contribution in [0.5, 0.6) is 5.88 Å². The molecule has 1 amide bonds. The van der Waals surface area contributed by atoms with E-state index in [-0.39, 0.29) is 17.4 Å². The van der Waals surface area contributed by atoms with Gasteiger partial charge in [0.25, 0.3) is 5.91 Å². The van der Waals surface area contributed by atoms with E-state index in [1.54, 1.807) is 0 Å². The molecule has 2 aromatic rings. The monoisotopic (exact) mass is 703 g/mol. The predicted molar refractivity (Wildman–Crippen MR) is 149 cm³/mol. The highest BCUT2D eigenvalue weighted by atomic mass is 35.5. The molecule has 2 saturated carbocycles. The van der Waals surface area contributed by atoms with Crippen LogP contribution >= 0.6 is 11.6 Å². The number of amides is 1. The number of benzene rings is 1. The van der Waals surface area contributed by atoms with Crippen molar-refractivity contribution in [3.8, 4) is 5.88 Å². The average Bonchev–Trinajstić information content (AvgIpc) is 3.83. The zero-order chi connectivity index (χ0) is 34.2. The Bertz CT molecular complexity index is 1590. The Balaban J connectivity index is 0.000000617. The van der Waals surface area contributed by atoms with Crippen molar-refractivity contribution in [1.29, 1.82) is 0 Å². The first kappa shape index (κ1) is 35.7. The number of ether oxygens (including phenoxy) is 1. The number of hydrogen-bond acceptors (Lipinski definition) is 7. The molecule has 1 saturated heterocycles. The second-order valence-corrected chi connectivity index (χ2v) is 14.0. The standard InChI is InChI=1S/C26H28ClF4N3O4S.C2HF3O2/c1-25(38-23-12-20(26(29,30)31)21(27)13-32-23)6-8-34(9-7-25)14-16-10-22(28)19(11-18(16)15-2-3-15)24(35)33-39(36,37)17-4-5-17;3-2(4,5)1(6)7/h10-13,15,17H,2-9,14H2,1H3,(H,33,35);(H,6,7). The van der Waals surface area contributed by atoms with Crippen LogP contribution in [0, 0.1) is 5.82 Å². The molecule has 46 heavy (non-hydrogen) atoms. The number of alkyl halides is 6. The fourth-order valence-corrected chi connectivity index (χ4v) is 6.34. The van der Waals surface area contributed by atoms with Crippen molar-refractivity contribution in [3.05, 3.63) is 57.5 Å². The van der Waals surface area contributed by atoms with E-state index in [2.05, 4.69) is 9.88 Å². The van der Waals surface area contributed by atoms with Gasteiger partial charge in [0, 0.05) is 25.7 Å². The molecule has 1 aromatic carbocycles. The first-order valence-electron chi connectivity index (χ1n) is 14.0. The third kappa shape index (κ3) is 9.21. The zero-order valence-corrected chi connectivity index (χ0v) is 25.7. The highest BCUT2D eigenvalue weighted by Gasteiger charge is 2.40. The van der Waals surface area contributed by atoms with Gasteiger partial charge >= 0.3 is 18.3 Å². The summed E-state index contributed by atoms with van der Waals surface area (Å²) < 4.78 is 119. The lowest BCUT2D eigenvalue weighted by molar-refractivity contribution is -0.192. The fourth-order valence-electron chi connectivity index (χ4n) is 4.83. The molecule has 0 spiro atoms. The summed E-state index contributed by atoms with van der Waals surface area (Å²) in [6.45, 7) is 3.32. The van der Waals surface area contributed by atoms with Gasteiger partial charge in [-0.1, -0.05) is 11.6 Å². The van der Waals surface area contributed by atoms with E-state index in [1.807, 2.05) is 11.6 Å². The number of carbonyl (C=O) groups excluding carboxylic acids is 1. The van der Waals surface area contributed by atoms with Crippen LogP contribution in [-0.2, 0) is 27.5 Å². The van der Waals surface area contributed by atoms with Gasteiger partial charge in [-0.15, -0.1) is 0 Å². The summed E-state index contributed by atoms with van der Waals surface area (Å²) in [6.07, 6.45) is -5.00. The number of halogens is 8. The number of pyridine rings is 1. The summed E-state index contributed by atoms with van der Waals surface area (Å²) >= 11 is 5.65. The molecule has 1 aromatic heterocycles. The van der Waals surface area contributed by atoms with Crippen LogP contribution in [-0.4, -0.2) is 65.4 Å². The molecular weight excluding hydrogens is 675 g/mol. The number of carboxylic acids is 1. The van der Waals surface area contributed by atoms with Crippen molar-refractivity contribution in [2.75, 3.05) is 13.1 Å². The van der Waals surface area contributed by atoms with Crippen molar-refractivity contribution in [3.63, 3.8) is 0 Å². The number of carboxylic acid groups (broad SMARTS) is 1. The van der Waals surface area contributed by atoms with Crippen LogP contribution in [0.3, 0.4) is 0 Å². The maximum absolute atomic E-state index is 15.0. The molecule has 0 bridgehead atoms. The topological polar surface area (TPSA) is 126 Å². The molecule has 1 aliphatic heterocycles. The third-order valence-electron chi connectivity index (χ3n) is 7.73. The molecule has 9 nitrogen and oxygen atoms in total. The number of nitrogens with one attached hydrogen (secondary N) is 1. The Morgan fingerprint density at radius 2 is 1.67 bits per heavy atom. The Kier molecular flexibility index (Phi) is 10.2. The fraction of sp³-hybridized carbons (Fsp3) is 0.536. The summed E-state index contributed by atoms with van der Waals surface area (Å²) in [6, 6.07) is 3.59. The lowest BCUT2D eigenvalue weighted by atomic mass is 9.92. The van der Waals surface area contributed by atoms with Gasteiger partial charge in [0.2, 0.25) is 15.9 Å². The highest BCUT2D eigenvalue weighted by Crippen LogP contribution is 2.43. The van der Waals surface area contributed by atoms with E-state index in [4.69, 9.17) is 26.2 Å². The molecule has 0 radical (unpaired) electrons. The minimum Gasteiger partial charge on any atom is -0.475 e. The normalized spacial score (nSPS) is 18.7. The highest BCUT2D eigenvalue weighted by molar-refractivity contribution is 7.91.